The number of fused-ring (bicyclic) bond motifs is 1. The molecule has 0 bridgehead atoms. The van der Waals surface area contributed by atoms with E-state index in [1.165, 1.54) is 5.56 Å². The fourth-order valence-electron chi connectivity index (χ4n) is 2.74. The third-order valence-corrected chi connectivity index (χ3v) is 4.31. The molecule has 8 heteroatoms. The lowest BCUT2D eigenvalue weighted by Crippen LogP contribution is -2.26. The summed E-state index contributed by atoms with van der Waals surface area (Å²) in [5, 5.41) is 8.63. The van der Waals surface area contributed by atoms with Crippen molar-refractivity contribution in [2.75, 3.05) is 22.7 Å². The van der Waals surface area contributed by atoms with E-state index in [0.717, 1.165) is 24.1 Å². The van der Waals surface area contributed by atoms with E-state index in [2.05, 4.69) is 26.0 Å². The molecule has 0 fully saturated rings. The molecule has 0 unspecified atom stereocenters. The van der Waals surface area contributed by atoms with Crippen LogP contribution >= 0.6 is 11.6 Å². The smallest absolute Gasteiger partial charge is 0.229 e. The van der Waals surface area contributed by atoms with Crippen LogP contribution in [0.4, 0.5) is 33.2 Å². The van der Waals surface area contributed by atoms with Crippen molar-refractivity contribution >= 4 is 40.4 Å². The highest BCUT2D eigenvalue weighted by Gasteiger charge is 2.15. The average molecular weight is 371 g/mol. The van der Waals surface area contributed by atoms with Gasteiger partial charge >= 0.3 is 0 Å². The van der Waals surface area contributed by atoms with Gasteiger partial charge in [-0.25, -0.2) is 14.8 Å². The lowest BCUT2D eigenvalue weighted by Gasteiger charge is -2.12. The molecule has 0 saturated carbocycles. The van der Waals surface area contributed by atoms with Crippen molar-refractivity contribution in [2.24, 2.45) is 0 Å². The summed E-state index contributed by atoms with van der Waals surface area (Å²) in [5.74, 6) is -0.139. The average Bonchev–Trinajstić information content (AvgIpc) is 3.00. The van der Waals surface area contributed by atoms with E-state index in [1.807, 2.05) is 30.3 Å². The molecule has 0 spiro atoms. The van der Waals surface area contributed by atoms with Crippen LogP contribution in [0.5, 0.6) is 0 Å². The second kappa shape index (κ2) is 6.78. The molecule has 132 valence electrons. The fourth-order valence-corrected chi connectivity index (χ4v) is 2.86. The zero-order chi connectivity index (χ0) is 18.1. The maximum Gasteiger partial charge on any atom is 0.229 e. The second-order valence-electron chi connectivity index (χ2n) is 5.88. The Kier molecular flexibility index (Phi) is 4.32. The first-order valence-corrected chi connectivity index (χ1v) is 8.38. The van der Waals surface area contributed by atoms with Crippen molar-refractivity contribution in [3.05, 3.63) is 65.1 Å². The molecule has 0 amide bonds. The van der Waals surface area contributed by atoms with E-state index >= 15 is 0 Å². The van der Waals surface area contributed by atoms with E-state index in [4.69, 9.17) is 11.6 Å². The first-order chi connectivity index (χ1) is 12.6. The number of aromatic nitrogens is 2. The number of halogens is 2. The number of nitrogens with one attached hydrogen (secondary N) is 3. The van der Waals surface area contributed by atoms with Gasteiger partial charge in [0, 0.05) is 30.0 Å². The van der Waals surface area contributed by atoms with Crippen molar-refractivity contribution < 1.29 is 4.39 Å². The van der Waals surface area contributed by atoms with Gasteiger partial charge in [-0.15, -0.1) is 0 Å². The van der Waals surface area contributed by atoms with Gasteiger partial charge in [0.1, 0.15) is 0 Å². The molecule has 2 heterocycles. The molecular formula is C18H16ClFN6. The Morgan fingerprint density at radius 1 is 1.12 bits per heavy atom. The third-order valence-electron chi connectivity index (χ3n) is 4.05. The summed E-state index contributed by atoms with van der Waals surface area (Å²) in [4.78, 5) is 8.24. The number of benzene rings is 2. The molecule has 0 saturated heterocycles. The Morgan fingerprint density at radius 3 is 2.69 bits per heavy atom. The monoisotopic (exact) mass is 370 g/mol. The maximum atomic E-state index is 14.0. The normalized spacial score (nSPS) is 12.8. The van der Waals surface area contributed by atoms with Crippen LogP contribution in [0.3, 0.4) is 0 Å². The van der Waals surface area contributed by atoms with Crippen molar-refractivity contribution in [1.82, 2.24) is 15.4 Å². The summed E-state index contributed by atoms with van der Waals surface area (Å²) in [7, 11) is 1.97. The first-order valence-electron chi connectivity index (χ1n) is 8.01. The number of hydrogen-bond acceptors (Lipinski definition) is 6. The van der Waals surface area contributed by atoms with Gasteiger partial charge in [0.15, 0.2) is 11.6 Å². The van der Waals surface area contributed by atoms with Crippen LogP contribution in [0.1, 0.15) is 5.56 Å². The van der Waals surface area contributed by atoms with Crippen molar-refractivity contribution in [3.8, 4) is 0 Å². The van der Waals surface area contributed by atoms with Gasteiger partial charge in [0.05, 0.1) is 11.9 Å². The van der Waals surface area contributed by atoms with E-state index in [9.17, 15) is 4.39 Å². The van der Waals surface area contributed by atoms with E-state index in [0.29, 0.717) is 16.7 Å². The molecule has 0 radical (unpaired) electrons. The number of hydrogen-bond donors (Lipinski definition) is 3. The summed E-state index contributed by atoms with van der Waals surface area (Å²) < 4.78 is 14.0. The predicted octanol–water partition coefficient (Wildman–Crippen LogP) is 4.21. The van der Waals surface area contributed by atoms with E-state index in [-0.39, 0.29) is 5.82 Å². The summed E-state index contributed by atoms with van der Waals surface area (Å²) in [6, 6.07) is 12.9. The summed E-state index contributed by atoms with van der Waals surface area (Å²) in [6.07, 6.45) is 1.14. The van der Waals surface area contributed by atoms with Gasteiger partial charge in [0.2, 0.25) is 5.95 Å². The number of nitrogens with zero attached hydrogens (tertiary/aromatic N) is 3. The Labute approximate surface area is 155 Å². The lowest BCUT2D eigenvalue weighted by molar-refractivity contribution is 0.619. The highest BCUT2D eigenvalue weighted by Crippen LogP contribution is 2.28. The van der Waals surface area contributed by atoms with Gasteiger partial charge in [-0.2, -0.15) is 4.98 Å². The van der Waals surface area contributed by atoms with Crippen LogP contribution in [0.2, 0.25) is 5.02 Å². The Bertz CT molecular complexity index is 947. The van der Waals surface area contributed by atoms with Crippen LogP contribution in [0.15, 0.2) is 48.7 Å². The molecule has 2 aromatic carbocycles. The van der Waals surface area contributed by atoms with Gasteiger partial charge in [-0.3, -0.25) is 0 Å². The molecule has 4 rings (SSSR count). The van der Waals surface area contributed by atoms with Crippen LogP contribution in [-0.2, 0) is 6.54 Å². The van der Waals surface area contributed by atoms with E-state index < -0.39 is 5.82 Å². The zero-order valence-corrected chi connectivity index (χ0v) is 14.7. The molecule has 1 aromatic heterocycles. The number of rotatable bonds is 4. The SMILES string of the molecule is CN1NCc2cc(Nc3ncc(F)c(Nc4ccc(Cl)cc4)n3)ccc21. The topological polar surface area (TPSA) is 65.1 Å². The number of anilines is 5. The quantitative estimate of drug-likeness (QED) is 0.639. The second-order valence-corrected chi connectivity index (χ2v) is 6.32. The molecule has 0 aliphatic carbocycles. The van der Waals surface area contributed by atoms with Gasteiger partial charge in [-0.05, 0) is 48.0 Å². The largest absolute Gasteiger partial charge is 0.338 e. The Morgan fingerprint density at radius 2 is 1.88 bits per heavy atom. The van der Waals surface area contributed by atoms with Crippen LogP contribution in [0.25, 0.3) is 0 Å². The molecule has 6 nitrogen and oxygen atoms in total. The van der Waals surface area contributed by atoms with Gasteiger partial charge in [-0.1, -0.05) is 11.6 Å². The highest BCUT2D eigenvalue weighted by atomic mass is 35.5. The standard InChI is InChI=1S/C18H16ClFN6/c1-26-16-7-6-14(8-11(16)9-22-26)24-18-21-10-15(20)17(25-18)23-13-4-2-12(19)3-5-13/h2-8,10,22H,9H2,1H3,(H2,21,23,24,25). The lowest BCUT2D eigenvalue weighted by atomic mass is 10.1. The zero-order valence-electron chi connectivity index (χ0n) is 13.9. The summed E-state index contributed by atoms with van der Waals surface area (Å²) >= 11 is 5.87. The van der Waals surface area contributed by atoms with Crippen LogP contribution < -0.4 is 21.1 Å². The van der Waals surface area contributed by atoms with E-state index in [1.54, 1.807) is 24.3 Å². The Hall–Kier alpha value is -2.90. The van der Waals surface area contributed by atoms with Crippen LogP contribution in [0, 0.1) is 5.82 Å². The first kappa shape index (κ1) is 16.6. The molecule has 0 atom stereocenters. The van der Waals surface area contributed by atoms with Gasteiger partial charge < -0.3 is 15.6 Å². The fraction of sp³-hybridized carbons (Fsp3) is 0.111. The highest BCUT2D eigenvalue weighted by molar-refractivity contribution is 6.30. The molecule has 3 aromatic rings. The minimum atomic E-state index is -0.537. The molecule has 3 N–H and O–H groups in total. The molecule has 1 aliphatic heterocycles. The van der Waals surface area contributed by atoms with Crippen molar-refractivity contribution in [1.29, 1.82) is 0 Å². The van der Waals surface area contributed by atoms with Crippen molar-refractivity contribution in [2.45, 2.75) is 6.54 Å². The molecule has 26 heavy (non-hydrogen) atoms. The maximum absolute atomic E-state index is 14.0. The van der Waals surface area contributed by atoms with Crippen molar-refractivity contribution in [3.63, 3.8) is 0 Å². The predicted molar refractivity (Wildman–Crippen MR) is 102 cm³/mol. The van der Waals surface area contributed by atoms with Crippen LogP contribution in [-0.4, -0.2) is 17.0 Å². The Balaban J connectivity index is 1.55. The summed E-state index contributed by atoms with van der Waals surface area (Å²) in [5.41, 5.74) is 7.04. The molecule has 1 aliphatic rings. The molecular weight excluding hydrogens is 355 g/mol. The summed E-state index contributed by atoms with van der Waals surface area (Å²) in [6.45, 7) is 0.759. The third kappa shape index (κ3) is 3.40. The number of hydrazine groups is 1. The minimum Gasteiger partial charge on any atom is -0.338 e. The van der Waals surface area contributed by atoms with Gasteiger partial charge in [0.25, 0.3) is 0 Å². The minimum absolute atomic E-state index is 0.0902.